The molecule has 0 aromatic carbocycles. The van der Waals surface area contributed by atoms with Crippen molar-refractivity contribution < 1.29 is 4.74 Å². The summed E-state index contributed by atoms with van der Waals surface area (Å²) >= 11 is 0. The van der Waals surface area contributed by atoms with Crippen molar-refractivity contribution in [2.75, 3.05) is 33.9 Å². The number of hydrogen-bond donors (Lipinski definition) is 2. The Kier molecular flexibility index (Phi) is 6.91. The fourth-order valence-corrected chi connectivity index (χ4v) is 0.916. The summed E-state index contributed by atoms with van der Waals surface area (Å²) < 4.78 is 4.25. The van der Waals surface area contributed by atoms with Crippen molar-refractivity contribution in [3.63, 3.8) is 0 Å². The van der Waals surface area contributed by atoms with Crippen molar-refractivity contribution in [1.82, 2.24) is 5.32 Å². The average molecular weight is 146 g/mol. The molecule has 3 heteroatoms. The van der Waals surface area contributed by atoms with Crippen LogP contribution in [0.15, 0.2) is 0 Å². The normalized spacial score (nSPS) is 23.7. The van der Waals surface area contributed by atoms with Crippen LogP contribution in [0.4, 0.5) is 0 Å². The van der Waals surface area contributed by atoms with Gasteiger partial charge < -0.3 is 15.8 Å². The minimum Gasteiger partial charge on any atom is -0.388 e. The average Bonchev–Trinajstić information content (AvgIpc) is 2.39. The molecular formula is C7H18N2O. The van der Waals surface area contributed by atoms with Gasteiger partial charge in [0.15, 0.2) is 0 Å². The Labute approximate surface area is 62.9 Å². The monoisotopic (exact) mass is 146 g/mol. The molecule has 1 fully saturated rings. The van der Waals surface area contributed by atoms with Crippen LogP contribution in [0.3, 0.4) is 0 Å². The number of rotatable bonds is 1. The van der Waals surface area contributed by atoms with E-state index in [0.717, 1.165) is 19.0 Å². The van der Waals surface area contributed by atoms with E-state index in [1.807, 2.05) is 0 Å². The fraction of sp³-hybridized carbons (Fsp3) is 1.00. The van der Waals surface area contributed by atoms with Crippen LogP contribution in [0.25, 0.3) is 0 Å². The van der Waals surface area contributed by atoms with Gasteiger partial charge in [0.25, 0.3) is 0 Å². The summed E-state index contributed by atoms with van der Waals surface area (Å²) in [6.07, 6.45) is 1.27. The third-order valence-corrected chi connectivity index (χ3v) is 1.50. The van der Waals surface area contributed by atoms with E-state index in [1.54, 1.807) is 14.2 Å². The molecule has 0 spiro atoms. The number of hydrogen-bond acceptors (Lipinski definition) is 3. The summed E-state index contributed by atoms with van der Waals surface area (Å²) in [7, 11) is 3.25. The Morgan fingerprint density at radius 2 is 2.20 bits per heavy atom. The molecule has 10 heavy (non-hydrogen) atoms. The van der Waals surface area contributed by atoms with Gasteiger partial charge in [0.05, 0.1) is 0 Å². The molecular weight excluding hydrogens is 128 g/mol. The van der Waals surface area contributed by atoms with Crippen LogP contribution in [0.1, 0.15) is 6.42 Å². The lowest BCUT2D eigenvalue weighted by Gasteiger charge is -1.98. The maximum Gasteiger partial charge on any atom is 0.0351 e. The molecule has 1 heterocycles. The Morgan fingerprint density at radius 1 is 1.60 bits per heavy atom. The Morgan fingerprint density at radius 3 is 2.40 bits per heavy atom. The van der Waals surface area contributed by atoms with Crippen LogP contribution in [0.2, 0.25) is 0 Å². The van der Waals surface area contributed by atoms with E-state index in [1.165, 1.54) is 13.0 Å². The zero-order valence-corrected chi connectivity index (χ0v) is 6.89. The van der Waals surface area contributed by atoms with Crippen molar-refractivity contribution in [3.05, 3.63) is 0 Å². The van der Waals surface area contributed by atoms with Crippen molar-refractivity contribution in [2.24, 2.45) is 11.7 Å². The second kappa shape index (κ2) is 6.99. The van der Waals surface area contributed by atoms with Crippen molar-refractivity contribution in [1.29, 1.82) is 0 Å². The summed E-state index contributed by atoms with van der Waals surface area (Å²) in [5.41, 5.74) is 5.39. The molecule has 1 rings (SSSR count). The minimum atomic E-state index is 0.764. The highest BCUT2D eigenvalue weighted by molar-refractivity contribution is 4.70. The third kappa shape index (κ3) is 4.73. The predicted molar refractivity (Wildman–Crippen MR) is 43.0 cm³/mol. The first kappa shape index (κ1) is 9.88. The summed E-state index contributed by atoms with van der Waals surface area (Å²) in [6, 6.07) is 0. The molecule has 1 atom stereocenters. The highest BCUT2D eigenvalue weighted by atomic mass is 16.4. The summed E-state index contributed by atoms with van der Waals surface area (Å²) in [6.45, 7) is 3.16. The molecule has 3 nitrogen and oxygen atoms in total. The number of methoxy groups -OCH3 is 1. The molecule has 1 unspecified atom stereocenters. The van der Waals surface area contributed by atoms with Gasteiger partial charge in [0.1, 0.15) is 0 Å². The van der Waals surface area contributed by atoms with Crippen molar-refractivity contribution in [2.45, 2.75) is 6.42 Å². The zero-order valence-electron chi connectivity index (χ0n) is 6.89. The van der Waals surface area contributed by atoms with Crippen molar-refractivity contribution in [3.8, 4) is 0 Å². The first-order chi connectivity index (χ1) is 4.85. The van der Waals surface area contributed by atoms with Gasteiger partial charge in [-0.2, -0.15) is 0 Å². The van der Waals surface area contributed by atoms with E-state index in [2.05, 4.69) is 10.1 Å². The molecule has 0 aliphatic carbocycles. The number of nitrogens with two attached hydrogens (primary N) is 1. The van der Waals surface area contributed by atoms with Gasteiger partial charge in [-0.05, 0) is 32.0 Å². The molecule has 0 amide bonds. The maximum absolute atomic E-state index is 5.39. The van der Waals surface area contributed by atoms with Gasteiger partial charge in [0.2, 0.25) is 0 Å². The lowest BCUT2D eigenvalue weighted by molar-refractivity contribution is 0.277. The van der Waals surface area contributed by atoms with Crippen LogP contribution >= 0.6 is 0 Å². The van der Waals surface area contributed by atoms with E-state index in [0.29, 0.717) is 0 Å². The quantitative estimate of drug-likeness (QED) is 0.539. The lowest BCUT2D eigenvalue weighted by atomic mass is 10.1. The van der Waals surface area contributed by atoms with Crippen LogP contribution in [-0.4, -0.2) is 33.9 Å². The van der Waals surface area contributed by atoms with E-state index < -0.39 is 0 Å². The van der Waals surface area contributed by atoms with Crippen LogP contribution in [-0.2, 0) is 4.74 Å². The van der Waals surface area contributed by atoms with E-state index in [-0.39, 0.29) is 0 Å². The molecule has 0 bridgehead atoms. The van der Waals surface area contributed by atoms with Gasteiger partial charge >= 0.3 is 0 Å². The standard InChI is InChI=1S/C5H12N2.C2H6O/c6-3-5-1-2-7-4-5;1-3-2/h5,7H,1-4,6H2;1-2H3. The molecule has 0 aromatic rings. The summed E-state index contributed by atoms with van der Waals surface area (Å²) in [5, 5.41) is 3.24. The van der Waals surface area contributed by atoms with Gasteiger partial charge in [-0.1, -0.05) is 0 Å². The molecule has 1 aliphatic rings. The molecule has 62 valence electrons. The Balaban J connectivity index is 0.000000236. The molecule has 0 radical (unpaired) electrons. The Bertz CT molecular complexity index is 62.6. The second-order valence-corrected chi connectivity index (χ2v) is 2.50. The SMILES string of the molecule is COC.NCC1CCNC1. The third-order valence-electron chi connectivity index (χ3n) is 1.50. The van der Waals surface area contributed by atoms with E-state index >= 15 is 0 Å². The maximum atomic E-state index is 5.39. The van der Waals surface area contributed by atoms with E-state index in [9.17, 15) is 0 Å². The summed E-state index contributed by atoms with van der Waals surface area (Å²) in [5.74, 6) is 0.764. The van der Waals surface area contributed by atoms with Crippen molar-refractivity contribution >= 4 is 0 Å². The first-order valence-corrected chi connectivity index (χ1v) is 3.66. The molecule has 1 saturated heterocycles. The van der Waals surface area contributed by atoms with E-state index in [4.69, 9.17) is 5.73 Å². The summed E-state index contributed by atoms with van der Waals surface area (Å²) in [4.78, 5) is 0. The zero-order chi connectivity index (χ0) is 7.82. The Hall–Kier alpha value is -0.120. The first-order valence-electron chi connectivity index (χ1n) is 3.66. The van der Waals surface area contributed by atoms with Crippen LogP contribution < -0.4 is 11.1 Å². The van der Waals surface area contributed by atoms with Gasteiger partial charge in [-0.15, -0.1) is 0 Å². The fourth-order valence-electron chi connectivity index (χ4n) is 0.916. The van der Waals surface area contributed by atoms with Crippen LogP contribution in [0.5, 0.6) is 0 Å². The second-order valence-electron chi connectivity index (χ2n) is 2.50. The molecule has 1 aliphatic heterocycles. The molecule has 0 saturated carbocycles. The van der Waals surface area contributed by atoms with Crippen LogP contribution in [0, 0.1) is 5.92 Å². The van der Waals surface area contributed by atoms with Gasteiger partial charge in [-0.3, -0.25) is 0 Å². The molecule has 0 aromatic heterocycles. The van der Waals surface area contributed by atoms with Gasteiger partial charge in [0, 0.05) is 14.2 Å². The number of ether oxygens (including phenoxy) is 1. The molecule has 3 N–H and O–H groups in total. The highest BCUT2D eigenvalue weighted by Gasteiger charge is 2.10. The number of nitrogens with one attached hydrogen (secondary N) is 1. The largest absolute Gasteiger partial charge is 0.388 e. The highest BCUT2D eigenvalue weighted by Crippen LogP contribution is 2.02. The smallest absolute Gasteiger partial charge is 0.0351 e. The lowest BCUT2D eigenvalue weighted by Crippen LogP contribution is -2.16. The minimum absolute atomic E-state index is 0.764. The van der Waals surface area contributed by atoms with Gasteiger partial charge in [-0.25, -0.2) is 0 Å². The topological polar surface area (TPSA) is 47.3 Å². The predicted octanol–water partition coefficient (Wildman–Crippen LogP) is -0.183.